The maximum Gasteiger partial charge on any atom is 0.338 e. The minimum absolute atomic E-state index is 0.0902. The van der Waals surface area contributed by atoms with Crippen LogP contribution < -0.4 is 0 Å². The third-order valence-corrected chi connectivity index (χ3v) is 8.57. The maximum atomic E-state index is 12.7. The second-order valence-corrected chi connectivity index (χ2v) is 10.2. The number of aliphatic hydroxyl groups excluding tert-OH is 4. The molecule has 5 N–H and O–H groups in total. The Bertz CT molecular complexity index is 988. The molecule has 7 fully saturated rings. The quantitative estimate of drug-likeness (QED) is 0.306. The molecule has 4 heterocycles. The Morgan fingerprint density at radius 1 is 1.12 bits per heavy atom. The molecule has 11 heteroatoms. The van der Waals surface area contributed by atoms with Crippen LogP contribution in [0.3, 0.4) is 0 Å². The smallest absolute Gasteiger partial charge is 0.338 e. The van der Waals surface area contributed by atoms with Crippen LogP contribution in [0.15, 0.2) is 30.3 Å². The number of benzene rings is 1. The van der Waals surface area contributed by atoms with Crippen LogP contribution in [0, 0.1) is 11.3 Å². The first-order chi connectivity index (χ1) is 16.1. The predicted octanol–water partition coefficient (Wildman–Crippen LogP) is -1.36. The van der Waals surface area contributed by atoms with Gasteiger partial charge in [-0.1, -0.05) is 18.2 Å². The molecule has 4 saturated heterocycles. The average molecular weight is 480 g/mol. The number of hydrogen-bond acceptors (Lipinski definition) is 11. The lowest BCUT2D eigenvalue weighted by Gasteiger charge is -2.67. The lowest BCUT2D eigenvalue weighted by molar-refractivity contribution is -0.424. The van der Waals surface area contributed by atoms with Gasteiger partial charge in [0.25, 0.3) is 0 Å². The van der Waals surface area contributed by atoms with Crippen molar-refractivity contribution >= 4 is 5.97 Å². The molecule has 3 aliphatic carbocycles. The van der Waals surface area contributed by atoms with E-state index >= 15 is 0 Å². The van der Waals surface area contributed by atoms with Crippen molar-refractivity contribution in [2.24, 2.45) is 11.3 Å². The van der Waals surface area contributed by atoms with Gasteiger partial charge < -0.3 is 49.2 Å². The second kappa shape index (κ2) is 7.19. The summed E-state index contributed by atoms with van der Waals surface area (Å²) in [5.74, 6) is -2.49. The number of hydrogen-bond donors (Lipinski definition) is 5. The average Bonchev–Trinajstić information content (AvgIpc) is 3.00. The van der Waals surface area contributed by atoms with Crippen LogP contribution in [-0.2, 0) is 23.7 Å². The van der Waals surface area contributed by atoms with E-state index in [1.165, 1.54) is 0 Å². The van der Waals surface area contributed by atoms with Crippen molar-refractivity contribution in [1.29, 1.82) is 0 Å². The van der Waals surface area contributed by atoms with Crippen molar-refractivity contribution in [3.63, 3.8) is 0 Å². The molecule has 11 nitrogen and oxygen atoms in total. The third-order valence-electron chi connectivity index (χ3n) is 8.57. The fraction of sp³-hybridized carbons (Fsp3) is 0.696. The maximum absolute atomic E-state index is 12.7. The minimum atomic E-state index is -1.61. The van der Waals surface area contributed by atoms with Gasteiger partial charge in [-0.25, -0.2) is 4.79 Å². The lowest BCUT2D eigenvalue weighted by atomic mass is 9.41. The molecule has 0 amide bonds. The second-order valence-electron chi connectivity index (χ2n) is 10.2. The number of esters is 1. The van der Waals surface area contributed by atoms with E-state index in [2.05, 4.69) is 0 Å². The molecule has 3 saturated carbocycles. The molecular weight excluding hydrogens is 452 g/mol. The summed E-state index contributed by atoms with van der Waals surface area (Å²) < 4.78 is 29.7. The first-order valence-electron chi connectivity index (χ1n) is 11.4. The predicted molar refractivity (Wildman–Crippen MR) is 109 cm³/mol. The normalized spacial score (nSPS) is 52.5. The van der Waals surface area contributed by atoms with Gasteiger partial charge in [-0.2, -0.15) is 0 Å². The molecule has 11 atom stereocenters. The Morgan fingerprint density at radius 3 is 2.56 bits per heavy atom. The first-order valence-corrected chi connectivity index (χ1v) is 11.4. The van der Waals surface area contributed by atoms with Crippen molar-refractivity contribution < 1.29 is 54.0 Å². The van der Waals surface area contributed by atoms with Gasteiger partial charge in [0.2, 0.25) is 0 Å². The zero-order valence-electron chi connectivity index (χ0n) is 18.4. The highest BCUT2D eigenvalue weighted by atomic mass is 16.8. The molecule has 1 aromatic carbocycles. The van der Waals surface area contributed by atoms with Crippen LogP contribution in [0.2, 0.25) is 0 Å². The topological polar surface area (TPSA) is 164 Å². The molecule has 0 spiro atoms. The van der Waals surface area contributed by atoms with E-state index in [0.29, 0.717) is 5.56 Å². The van der Waals surface area contributed by atoms with Gasteiger partial charge in [-0.15, -0.1) is 0 Å². The molecule has 0 aromatic heterocycles. The van der Waals surface area contributed by atoms with E-state index in [-0.39, 0.29) is 19.4 Å². The number of carbonyl (C=O) groups is 1. The number of aliphatic hydroxyl groups is 5. The standard InChI is InChI=1S/C23H28O11/c1-20-9-22(29)13-7-23(20,32-18-16(27)15(26)14(25)12(8-24)31-18)21(13,19(33-20)34-22)10-30-17(28)11-5-3-2-4-6-11/h2-6,12-16,18-19,24-27,29H,7-10H2,1H3/t12-,13?,14-,15+,16-,18+,19-,20+,21+,22-,23+/m1/s1. The zero-order chi connectivity index (χ0) is 24.1. The minimum Gasteiger partial charge on any atom is -0.461 e. The van der Waals surface area contributed by atoms with Crippen molar-refractivity contribution in [2.75, 3.05) is 13.2 Å². The fourth-order valence-corrected chi connectivity index (χ4v) is 6.87. The van der Waals surface area contributed by atoms with Gasteiger partial charge in [0.05, 0.1) is 17.6 Å². The largest absolute Gasteiger partial charge is 0.461 e. The summed E-state index contributed by atoms with van der Waals surface area (Å²) in [7, 11) is 0. The zero-order valence-corrected chi connectivity index (χ0v) is 18.4. The van der Waals surface area contributed by atoms with Crippen molar-refractivity contribution in [2.45, 2.75) is 73.8 Å². The lowest BCUT2D eigenvalue weighted by Crippen LogP contribution is -2.80. The Hall–Kier alpha value is -1.67. The van der Waals surface area contributed by atoms with Gasteiger partial charge in [-0.3, -0.25) is 0 Å². The van der Waals surface area contributed by atoms with Crippen molar-refractivity contribution in [3.8, 4) is 0 Å². The summed E-state index contributed by atoms with van der Waals surface area (Å²) in [6.45, 7) is 0.985. The van der Waals surface area contributed by atoms with Crippen LogP contribution in [0.25, 0.3) is 0 Å². The third kappa shape index (κ3) is 2.59. The van der Waals surface area contributed by atoms with Gasteiger partial charge in [0.1, 0.15) is 42.2 Å². The first kappa shape index (κ1) is 22.8. The Morgan fingerprint density at radius 2 is 1.85 bits per heavy atom. The van der Waals surface area contributed by atoms with Gasteiger partial charge >= 0.3 is 5.97 Å². The van der Waals surface area contributed by atoms with Crippen LogP contribution in [-0.4, -0.2) is 98.7 Å². The van der Waals surface area contributed by atoms with E-state index in [1.807, 2.05) is 0 Å². The van der Waals surface area contributed by atoms with Crippen LogP contribution in [0.1, 0.15) is 30.1 Å². The van der Waals surface area contributed by atoms with Gasteiger partial charge in [-0.05, 0) is 25.5 Å². The van der Waals surface area contributed by atoms with Crippen LogP contribution in [0.4, 0.5) is 0 Å². The highest BCUT2D eigenvalue weighted by Crippen LogP contribution is 2.81. The summed E-state index contributed by atoms with van der Waals surface area (Å²) in [6.07, 6.45) is -7.87. The van der Waals surface area contributed by atoms with Crippen molar-refractivity contribution in [3.05, 3.63) is 35.9 Å². The van der Waals surface area contributed by atoms with Gasteiger partial charge in [0, 0.05) is 12.3 Å². The van der Waals surface area contributed by atoms with Crippen LogP contribution >= 0.6 is 0 Å². The summed E-state index contributed by atoms with van der Waals surface area (Å²) in [5, 5.41) is 51.7. The molecule has 1 aromatic rings. The molecule has 7 aliphatic rings. The molecular formula is C23H28O11. The summed E-state index contributed by atoms with van der Waals surface area (Å²) in [5.41, 5.74) is -2.99. The van der Waals surface area contributed by atoms with E-state index < -0.39 is 77.9 Å². The molecule has 4 aliphatic heterocycles. The number of ether oxygens (including phenoxy) is 5. The summed E-state index contributed by atoms with van der Waals surface area (Å²) in [6, 6.07) is 8.47. The monoisotopic (exact) mass is 480 g/mol. The van der Waals surface area contributed by atoms with Gasteiger partial charge in [0.15, 0.2) is 18.4 Å². The highest BCUT2D eigenvalue weighted by Gasteiger charge is 2.94. The van der Waals surface area contributed by atoms with E-state index in [1.54, 1.807) is 37.3 Å². The summed E-state index contributed by atoms with van der Waals surface area (Å²) in [4.78, 5) is 12.7. The Balaban J connectivity index is 1.32. The molecule has 0 radical (unpaired) electrons. The molecule has 186 valence electrons. The van der Waals surface area contributed by atoms with E-state index in [0.717, 1.165) is 0 Å². The Kier molecular flexibility index (Phi) is 4.81. The van der Waals surface area contributed by atoms with Crippen LogP contribution in [0.5, 0.6) is 0 Å². The molecule has 34 heavy (non-hydrogen) atoms. The number of carbonyl (C=O) groups excluding carboxylic acids is 1. The highest BCUT2D eigenvalue weighted by molar-refractivity contribution is 5.89. The molecule has 8 rings (SSSR count). The molecule has 6 bridgehead atoms. The fourth-order valence-electron chi connectivity index (χ4n) is 6.87. The number of rotatable bonds is 6. The SMILES string of the molecule is C[C@@]12C[C@@]3(O)O[C@@H](O1)[C@]1(COC(=O)c4ccccc4)C3C[C@@]12O[C@@H]1O[C@H](CO)[C@@H](O)[C@H](O)[C@H]1O. The van der Waals surface area contributed by atoms with E-state index in [4.69, 9.17) is 23.7 Å². The van der Waals surface area contributed by atoms with Crippen molar-refractivity contribution in [1.82, 2.24) is 0 Å². The Labute approximate surface area is 194 Å². The summed E-state index contributed by atoms with van der Waals surface area (Å²) >= 11 is 0. The van der Waals surface area contributed by atoms with E-state index in [9.17, 15) is 30.3 Å². The molecule has 1 unspecified atom stereocenters.